The first kappa shape index (κ1) is 13.8. The first-order valence-corrected chi connectivity index (χ1v) is 6.79. The van der Waals surface area contributed by atoms with Gasteiger partial charge in [-0.1, -0.05) is 20.8 Å². The molecule has 1 N–H and O–H groups in total. The van der Waals surface area contributed by atoms with Crippen LogP contribution in [0.1, 0.15) is 46.2 Å². The smallest absolute Gasteiger partial charge is 0.254 e. The van der Waals surface area contributed by atoms with Crippen LogP contribution in [-0.4, -0.2) is 25.6 Å². The van der Waals surface area contributed by atoms with Gasteiger partial charge in [-0.3, -0.25) is 0 Å². The van der Waals surface area contributed by atoms with Crippen LogP contribution >= 0.6 is 0 Å². The summed E-state index contributed by atoms with van der Waals surface area (Å²) in [4.78, 5) is 8.47. The Kier molecular flexibility index (Phi) is 3.73. The van der Waals surface area contributed by atoms with Gasteiger partial charge >= 0.3 is 0 Å². The Morgan fingerprint density at radius 2 is 2.11 bits per heavy atom. The van der Waals surface area contributed by atoms with E-state index in [2.05, 4.69) is 48.1 Å². The Labute approximate surface area is 114 Å². The number of nitrogens with zero attached hydrogens (tertiary/aromatic N) is 4. The number of nitrogens with one attached hydrogen (secondary N) is 1. The van der Waals surface area contributed by atoms with E-state index < -0.39 is 0 Å². The number of rotatable bonds is 4. The van der Waals surface area contributed by atoms with E-state index in [1.807, 2.05) is 13.0 Å². The van der Waals surface area contributed by atoms with Gasteiger partial charge < -0.3 is 5.32 Å². The Balaban J connectivity index is 2.10. The number of fused-ring (bicyclic) bond motifs is 1. The van der Waals surface area contributed by atoms with Gasteiger partial charge in [0.1, 0.15) is 12.1 Å². The second-order valence-corrected chi connectivity index (χ2v) is 6.40. The summed E-state index contributed by atoms with van der Waals surface area (Å²) in [5, 5.41) is 7.71. The molecule has 2 heterocycles. The van der Waals surface area contributed by atoms with Gasteiger partial charge in [-0.2, -0.15) is 14.6 Å². The molecule has 2 aromatic heterocycles. The van der Waals surface area contributed by atoms with Crippen molar-refractivity contribution in [3.05, 3.63) is 18.1 Å². The number of aromatic nitrogens is 4. The van der Waals surface area contributed by atoms with Crippen LogP contribution in [0.5, 0.6) is 0 Å². The van der Waals surface area contributed by atoms with Crippen LogP contribution in [0.2, 0.25) is 0 Å². The normalized spacial score (nSPS) is 13.7. The molecule has 104 valence electrons. The number of hydrogen-bond acceptors (Lipinski definition) is 4. The summed E-state index contributed by atoms with van der Waals surface area (Å²) in [6.45, 7) is 11.0. The fourth-order valence-corrected chi connectivity index (χ4v) is 2.01. The zero-order chi connectivity index (χ0) is 14.0. The van der Waals surface area contributed by atoms with Crippen molar-refractivity contribution in [1.82, 2.24) is 19.6 Å². The van der Waals surface area contributed by atoms with Crippen molar-refractivity contribution in [2.45, 2.75) is 53.5 Å². The highest BCUT2D eigenvalue weighted by atomic mass is 15.4. The summed E-state index contributed by atoms with van der Waals surface area (Å²) in [6, 6.07) is 2.41. The van der Waals surface area contributed by atoms with Crippen molar-refractivity contribution in [2.24, 2.45) is 5.41 Å². The third-order valence-electron chi connectivity index (χ3n) is 3.10. The van der Waals surface area contributed by atoms with Gasteiger partial charge in [-0.25, -0.2) is 4.98 Å². The average Bonchev–Trinajstić information content (AvgIpc) is 2.73. The van der Waals surface area contributed by atoms with E-state index in [1.54, 1.807) is 4.52 Å². The molecule has 0 aliphatic heterocycles. The third kappa shape index (κ3) is 3.66. The Bertz CT molecular complexity index is 552. The molecule has 0 bridgehead atoms. The standard InChI is InChI=1S/C14H23N5/c1-10(6-7-14(3,4)5)17-12-8-11(2)18-13-15-9-16-19(12)13/h8-10,17H,6-7H2,1-5H3. The number of aryl methyl sites for hydroxylation is 1. The first-order valence-electron chi connectivity index (χ1n) is 6.79. The maximum atomic E-state index is 4.34. The molecule has 0 spiro atoms. The molecule has 5 nitrogen and oxygen atoms in total. The molecule has 0 aromatic carbocycles. The summed E-state index contributed by atoms with van der Waals surface area (Å²) in [6.07, 6.45) is 3.85. The van der Waals surface area contributed by atoms with Crippen LogP contribution in [0.3, 0.4) is 0 Å². The lowest BCUT2D eigenvalue weighted by molar-refractivity contribution is 0.356. The molecule has 0 radical (unpaired) electrons. The highest BCUT2D eigenvalue weighted by Gasteiger charge is 2.14. The van der Waals surface area contributed by atoms with Crippen LogP contribution < -0.4 is 5.32 Å². The summed E-state index contributed by atoms with van der Waals surface area (Å²) >= 11 is 0. The van der Waals surface area contributed by atoms with Gasteiger partial charge in [0.15, 0.2) is 0 Å². The molecule has 2 aromatic rings. The van der Waals surface area contributed by atoms with E-state index in [1.165, 1.54) is 12.7 Å². The van der Waals surface area contributed by atoms with Gasteiger partial charge in [0.25, 0.3) is 5.78 Å². The topological polar surface area (TPSA) is 55.1 Å². The molecule has 19 heavy (non-hydrogen) atoms. The largest absolute Gasteiger partial charge is 0.367 e. The monoisotopic (exact) mass is 261 g/mol. The molecule has 5 heteroatoms. The lowest BCUT2D eigenvalue weighted by atomic mass is 9.89. The quantitative estimate of drug-likeness (QED) is 0.919. The predicted molar refractivity (Wildman–Crippen MR) is 77.3 cm³/mol. The zero-order valence-electron chi connectivity index (χ0n) is 12.4. The van der Waals surface area contributed by atoms with Crippen molar-refractivity contribution < 1.29 is 0 Å². The summed E-state index contributed by atoms with van der Waals surface area (Å²) in [5.41, 5.74) is 1.32. The van der Waals surface area contributed by atoms with Gasteiger partial charge in [-0.15, -0.1) is 0 Å². The van der Waals surface area contributed by atoms with Crippen LogP contribution in [-0.2, 0) is 0 Å². The minimum Gasteiger partial charge on any atom is -0.367 e. The number of anilines is 1. The Morgan fingerprint density at radius 1 is 1.37 bits per heavy atom. The highest BCUT2D eigenvalue weighted by Crippen LogP contribution is 2.22. The molecule has 0 saturated heterocycles. The minimum absolute atomic E-state index is 0.368. The van der Waals surface area contributed by atoms with E-state index in [9.17, 15) is 0 Å². The van der Waals surface area contributed by atoms with E-state index in [0.717, 1.165) is 17.9 Å². The lowest BCUT2D eigenvalue weighted by Crippen LogP contribution is -2.20. The maximum absolute atomic E-state index is 4.34. The van der Waals surface area contributed by atoms with E-state index >= 15 is 0 Å². The second-order valence-electron chi connectivity index (χ2n) is 6.40. The van der Waals surface area contributed by atoms with Crippen molar-refractivity contribution in [3.8, 4) is 0 Å². The van der Waals surface area contributed by atoms with Crippen molar-refractivity contribution in [3.63, 3.8) is 0 Å². The maximum Gasteiger partial charge on any atom is 0.254 e. The van der Waals surface area contributed by atoms with E-state index in [4.69, 9.17) is 0 Å². The van der Waals surface area contributed by atoms with Crippen LogP contribution in [0.4, 0.5) is 5.82 Å². The summed E-state index contributed by atoms with van der Waals surface area (Å²) in [7, 11) is 0. The highest BCUT2D eigenvalue weighted by molar-refractivity contribution is 5.45. The summed E-state index contributed by atoms with van der Waals surface area (Å²) in [5.74, 6) is 1.60. The van der Waals surface area contributed by atoms with Gasteiger partial charge in [0.05, 0.1) is 0 Å². The molecule has 0 aliphatic carbocycles. The SMILES string of the molecule is Cc1cc(NC(C)CCC(C)(C)C)n2ncnc2n1. The molecule has 1 unspecified atom stereocenters. The number of hydrogen-bond donors (Lipinski definition) is 1. The van der Waals surface area contributed by atoms with E-state index in [-0.39, 0.29) is 0 Å². The van der Waals surface area contributed by atoms with Crippen LogP contribution in [0.25, 0.3) is 5.78 Å². The molecule has 1 atom stereocenters. The molecule has 0 saturated carbocycles. The van der Waals surface area contributed by atoms with Crippen LogP contribution in [0.15, 0.2) is 12.4 Å². The van der Waals surface area contributed by atoms with Gasteiger partial charge in [-0.05, 0) is 32.1 Å². The van der Waals surface area contributed by atoms with Crippen molar-refractivity contribution in [2.75, 3.05) is 5.32 Å². The Morgan fingerprint density at radius 3 is 2.79 bits per heavy atom. The molecular weight excluding hydrogens is 238 g/mol. The fraction of sp³-hybridized carbons (Fsp3) is 0.643. The molecule has 0 aliphatic rings. The van der Waals surface area contributed by atoms with Crippen molar-refractivity contribution in [1.29, 1.82) is 0 Å². The molecule has 0 amide bonds. The molecule has 2 rings (SSSR count). The van der Waals surface area contributed by atoms with Gasteiger partial charge in [0, 0.05) is 17.8 Å². The fourth-order valence-electron chi connectivity index (χ4n) is 2.01. The first-order chi connectivity index (χ1) is 8.85. The summed E-state index contributed by atoms with van der Waals surface area (Å²) < 4.78 is 1.75. The zero-order valence-corrected chi connectivity index (χ0v) is 12.4. The molecule has 0 fully saturated rings. The second kappa shape index (κ2) is 5.15. The Hall–Kier alpha value is -1.65. The van der Waals surface area contributed by atoms with Gasteiger partial charge in [0.2, 0.25) is 0 Å². The predicted octanol–water partition coefficient (Wildman–Crippen LogP) is 3.06. The lowest BCUT2D eigenvalue weighted by Gasteiger charge is -2.22. The third-order valence-corrected chi connectivity index (χ3v) is 3.10. The average molecular weight is 261 g/mol. The van der Waals surface area contributed by atoms with Crippen LogP contribution in [0, 0.1) is 12.3 Å². The molecular formula is C14H23N5. The van der Waals surface area contributed by atoms with Crippen molar-refractivity contribution >= 4 is 11.6 Å². The minimum atomic E-state index is 0.368. The van der Waals surface area contributed by atoms with E-state index in [0.29, 0.717) is 17.2 Å².